The summed E-state index contributed by atoms with van der Waals surface area (Å²) in [6.45, 7) is 4.91. The molecule has 28 heavy (non-hydrogen) atoms. The topological polar surface area (TPSA) is 36.9 Å². The number of hydrogen-bond donors (Lipinski definition) is 1. The first-order valence-corrected chi connectivity index (χ1v) is 9.80. The van der Waals surface area contributed by atoms with Crippen molar-refractivity contribution in [2.75, 3.05) is 26.2 Å². The summed E-state index contributed by atoms with van der Waals surface area (Å²) in [7, 11) is 0. The second kappa shape index (κ2) is 7.67. The van der Waals surface area contributed by atoms with Gasteiger partial charge in [-0.1, -0.05) is 17.9 Å². The molecule has 0 spiro atoms. The van der Waals surface area contributed by atoms with Gasteiger partial charge < -0.3 is 15.0 Å². The highest BCUT2D eigenvalue weighted by atomic mass is 19.4. The average Bonchev–Trinajstić information content (AvgIpc) is 3.37. The van der Waals surface area contributed by atoms with Gasteiger partial charge in [-0.25, -0.2) is 4.99 Å². The van der Waals surface area contributed by atoms with E-state index in [1.807, 2.05) is 6.92 Å². The molecule has 0 amide bonds. The monoisotopic (exact) mass is 391 g/mol. The first-order valence-electron chi connectivity index (χ1n) is 9.80. The van der Waals surface area contributed by atoms with Gasteiger partial charge in [-0.05, 0) is 38.0 Å². The molecule has 150 valence electrons. The van der Waals surface area contributed by atoms with Crippen molar-refractivity contribution in [1.29, 1.82) is 0 Å². The highest BCUT2D eigenvalue weighted by Crippen LogP contribution is 2.47. The lowest BCUT2D eigenvalue weighted by Crippen LogP contribution is -2.41. The number of likely N-dealkylation sites (tertiary alicyclic amines) is 1. The minimum Gasteiger partial charge on any atom is -0.374 e. The van der Waals surface area contributed by atoms with E-state index >= 15 is 0 Å². The summed E-state index contributed by atoms with van der Waals surface area (Å²) < 4.78 is 44.4. The van der Waals surface area contributed by atoms with Gasteiger partial charge in [0.2, 0.25) is 0 Å². The van der Waals surface area contributed by atoms with Gasteiger partial charge >= 0.3 is 6.18 Å². The first kappa shape index (κ1) is 19.1. The largest absolute Gasteiger partial charge is 0.416 e. The molecule has 3 aliphatic rings. The van der Waals surface area contributed by atoms with Crippen molar-refractivity contribution in [3.8, 4) is 11.8 Å². The highest BCUT2D eigenvalue weighted by Gasteiger charge is 2.53. The number of aliphatic imine (C=N–C) groups is 1. The number of benzene rings is 1. The third-order valence-corrected chi connectivity index (χ3v) is 5.82. The summed E-state index contributed by atoms with van der Waals surface area (Å²) in [5.41, 5.74) is -0.337. The molecule has 1 N–H and O–H groups in total. The van der Waals surface area contributed by atoms with Crippen LogP contribution in [0.5, 0.6) is 0 Å². The Morgan fingerprint density at radius 2 is 1.96 bits per heavy atom. The van der Waals surface area contributed by atoms with Gasteiger partial charge in [0.1, 0.15) is 6.54 Å². The van der Waals surface area contributed by atoms with Gasteiger partial charge in [0, 0.05) is 37.0 Å². The third kappa shape index (κ3) is 3.83. The summed E-state index contributed by atoms with van der Waals surface area (Å²) in [6, 6.07) is 5.07. The number of halogens is 3. The fourth-order valence-electron chi connectivity index (χ4n) is 4.59. The molecule has 4 nitrogen and oxygen atoms in total. The van der Waals surface area contributed by atoms with Gasteiger partial charge in [0.15, 0.2) is 5.96 Å². The lowest BCUT2D eigenvalue weighted by Gasteiger charge is -2.23. The summed E-state index contributed by atoms with van der Waals surface area (Å²) in [6.07, 6.45) is -1.25. The van der Waals surface area contributed by atoms with E-state index in [2.05, 4.69) is 27.0 Å². The van der Waals surface area contributed by atoms with E-state index in [1.165, 1.54) is 6.07 Å². The van der Waals surface area contributed by atoms with E-state index in [0.717, 1.165) is 50.6 Å². The molecule has 3 fully saturated rings. The molecule has 0 aliphatic carbocycles. The van der Waals surface area contributed by atoms with Gasteiger partial charge in [-0.2, -0.15) is 13.2 Å². The molecule has 4 atom stereocenters. The molecule has 0 radical (unpaired) electrons. The molecule has 4 rings (SSSR count). The van der Waals surface area contributed by atoms with Gasteiger partial charge in [0.25, 0.3) is 0 Å². The Labute approximate surface area is 163 Å². The summed E-state index contributed by atoms with van der Waals surface area (Å²) in [5.74, 6) is 7.66. The molecule has 7 heteroatoms. The van der Waals surface area contributed by atoms with Crippen LogP contribution in [-0.4, -0.2) is 49.2 Å². The predicted molar refractivity (Wildman–Crippen MR) is 101 cm³/mol. The number of fused-ring (bicyclic) bond motifs is 5. The van der Waals surface area contributed by atoms with Crippen molar-refractivity contribution < 1.29 is 17.9 Å². The average molecular weight is 391 g/mol. The van der Waals surface area contributed by atoms with Gasteiger partial charge in [-0.15, -0.1) is 0 Å². The highest BCUT2D eigenvalue weighted by molar-refractivity contribution is 5.80. The van der Waals surface area contributed by atoms with Crippen LogP contribution in [0.4, 0.5) is 13.2 Å². The van der Waals surface area contributed by atoms with Crippen LogP contribution < -0.4 is 5.32 Å². The van der Waals surface area contributed by atoms with Crippen molar-refractivity contribution in [2.45, 2.75) is 38.1 Å². The molecule has 1 aromatic carbocycles. The molecule has 0 saturated carbocycles. The predicted octanol–water partition coefficient (Wildman–Crippen LogP) is 3.13. The molecule has 1 aromatic rings. The Kier molecular flexibility index (Phi) is 5.24. The number of hydrogen-bond acceptors (Lipinski definition) is 2. The Morgan fingerprint density at radius 3 is 2.61 bits per heavy atom. The lowest BCUT2D eigenvalue weighted by atomic mass is 9.82. The maximum Gasteiger partial charge on any atom is 0.416 e. The van der Waals surface area contributed by atoms with Gasteiger partial charge in [0.05, 0.1) is 17.8 Å². The van der Waals surface area contributed by atoms with E-state index in [-0.39, 0.29) is 6.54 Å². The Bertz CT molecular complexity index is 793. The van der Waals surface area contributed by atoms with Crippen LogP contribution in [0.1, 0.15) is 30.9 Å². The summed E-state index contributed by atoms with van der Waals surface area (Å²) in [5, 5.41) is 3.31. The summed E-state index contributed by atoms with van der Waals surface area (Å²) >= 11 is 0. The minimum atomic E-state index is -4.36. The van der Waals surface area contributed by atoms with Crippen molar-refractivity contribution in [3.05, 3.63) is 35.4 Å². The van der Waals surface area contributed by atoms with Gasteiger partial charge in [-0.3, -0.25) is 0 Å². The number of alkyl halides is 3. The molecule has 0 aromatic heterocycles. The van der Waals surface area contributed by atoms with E-state index in [9.17, 15) is 13.2 Å². The van der Waals surface area contributed by atoms with E-state index in [4.69, 9.17) is 4.74 Å². The Balaban J connectivity index is 1.41. The standard InChI is InChI=1S/C21H24F3N3O/c1-2-25-20(27-12-16-17(13-27)19-9-8-18(16)28-19)26-10-4-6-14-5-3-7-15(11-14)21(22,23)24/h3,5,7,11,16-19H,2,8-10,12-13H2,1H3,(H,25,26). The molecule has 2 bridgehead atoms. The van der Waals surface area contributed by atoms with E-state index in [0.29, 0.717) is 29.6 Å². The van der Waals surface area contributed by atoms with Crippen molar-refractivity contribution >= 4 is 5.96 Å². The number of guanidine groups is 1. The molecular weight excluding hydrogens is 367 g/mol. The third-order valence-electron chi connectivity index (χ3n) is 5.82. The van der Waals surface area contributed by atoms with Crippen LogP contribution in [-0.2, 0) is 10.9 Å². The normalized spacial score (nSPS) is 28.9. The quantitative estimate of drug-likeness (QED) is 0.478. The minimum absolute atomic E-state index is 0.244. The molecular formula is C21H24F3N3O. The van der Waals surface area contributed by atoms with Crippen LogP contribution in [0.2, 0.25) is 0 Å². The lowest BCUT2D eigenvalue weighted by molar-refractivity contribution is -0.137. The number of nitrogens with zero attached hydrogens (tertiary/aromatic N) is 2. The first-order chi connectivity index (χ1) is 13.5. The van der Waals surface area contributed by atoms with Crippen LogP contribution in [0, 0.1) is 23.7 Å². The van der Waals surface area contributed by atoms with E-state index < -0.39 is 11.7 Å². The van der Waals surface area contributed by atoms with E-state index in [1.54, 1.807) is 6.07 Å². The molecule has 3 saturated heterocycles. The fourth-order valence-corrected chi connectivity index (χ4v) is 4.59. The molecule has 4 unspecified atom stereocenters. The second-order valence-corrected chi connectivity index (χ2v) is 7.57. The van der Waals surface area contributed by atoms with Crippen molar-refractivity contribution in [2.24, 2.45) is 16.8 Å². The van der Waals surface area contributed by atoms with Crippen LogP contribution >= 0.6 is 0 Å². The maximum atomic E-state index is 12.8. The zero-order valence-corrected chi connectivity index (χ0v) is 15.8. The Hall–Kier alpha value is -2.20. The SMILES string of the molecule is CCNC(=NCC#Cc1cccc(C(F)(F)F)c1)N1CC2C3CCC(O3)C2C1. The second-order valence-electron chi connectivity index (χ2n) is 7.57. The zero-order valence-electron chi connectivity index (χ0n) is 15.8. The smallest absolute Gasteiger partial charge is 0.374 e. The van der Waals surface area contributed by atoms with Crippen molar-refractivity contribution in [3.63, 3.8) is 0 Å². The zero-order chi connectivity index (χ0) is 19.7. The van der Waals surface area contributed by atoms with Crippen LogP contribution in [0.3, 0.4) is 0 Å². The number of nitrogens with one attached hydrogen (secondary N) is 1. The van der Waals surface area contributed by atoms with Crippen molar-refractivity contribution in [1.82, 2.24) is 10.2 Å². The molecule has 3 heterocycles. The maximum absolute atomic E-state index is 12.8. The number of ether oxygens (including phenoxy) is 1. The Morgan fingerprint density at radius 1 is 1.25 bits per heavy atom. The van der Waals surface area contributed by atoms with Crippen LogP contribution in [0.15, 0.2) is 29.3 Å². The van der Waals surface area contributed by atoms with Crippen LogP contribution in [0.25, 0.3) is 0 Å². The summed E-state index contributed by atoms with van der Waals surface area (Å²) in [4.78, 5) is 6.85. The molecule has 3 aliphatic heterocycles. The fraction of sp³-hybridized carbons (Fsp3) is 0.571. The number of rotatable bonds is 2.